The third-order valence-corrected chi connectivity index (χ3v) is 5.53. The zero-order chi connectivity index (χ0) is 21.1. The summed E-state index contributed by atoms with van der Waals surface area (Å²) < 4.78 is 45.4. The van der Waals surface area contributed by atoms with Crippen LogP contribution in [0.15, 0.2) is 0 Å². The Morgan fingerprint density at radius 1 is 1.07 bits per heavy atom. The Balaban J connectivity index is 0.00000420. The number of hydrogen-bond donors (Lipinski definition) is 1. The van der Waals surface area contributed by atoms with E-state index in [0.29, 0.717) is 0 Å². The van der Waals surface area contributed by atoms with Crippen LogP contribution in [0.3, 0.4) is 0 Å². The first-order valence-corrected chi connectivity index (χ1v) is 11.3. The van der Waals surface area contributed by atoms with E-state index in [1.54, 1.807) is 6.42 Å². The van der Waals surface area contributed by atoms with Gasteiger partial charge in [-0.25, -0.2) is 0 Å². The normalized spacial score (nSPS) is 35.9. The van der Waals surface area contributed by atoms with E-state index >= 15 is 0 Å². The fourth-order valence-electron chi connectivity index (χ4n) is 3.24. The van der Waals surface area contributed by atoms with E-state index < -0.39 is 32.2 Å². The summed E-state index contributed by atoms with van der Waals surface area (Å²) >= 11 is 0. The van der Waals surface area contributed by atoms with Crippen molar-refractivity contribution in [2.45, 2.75) is 96.4 Å². The Labute approximate surface area is 208 Å². The molecule has 2 aliphatic rings. The van der Waals surface area contributed by atoms with Crippen LogP contribution >= 0.6 is 7.82 Å². The quantitative estimate of drug-likeness (QED) is 0.257. The predicted molar refractivity (Wildman–Crippen MR) is 100 cm³/mol. The van der Waals surface area contributed by atoms with Crippen molar-refractivity contribution in [2.75, 3.05) is 13.2 Å². The van der Waals surface area contributed by atoms with Gasteiger partial charge >= 0.3 is 0 Å². The summed E-state index contributed by atoms with van der Waals surface area (Å²) in [7, 11) is -4.60. The van der Waals surface area contributed by atoms with Crippen molar-refractivity contribution in [1.29, 1.82) is 0 Å². The molecule has 0 amide bonds. The second-order valence-electron chi connectivity index (χ2n) is 7.87. The molecule has 0 spiro atoms. The van der Waals surface area contributed by atoms with Gasteiger partial charge in [0.2, 0.25) is 0 Å². The average molecular weight is 791 g/mol. The molecule has 9 nitrogen and oxygen atoms in total. The van der Waals surface area contributed by atoms with Gasteiger partial charge in [-0.15, -0.1) is 0 Å². The van der Waals surface area contributed by atoms with Gasteiger partial charge in [-0.2, -0.15) is 0 Å². The third kappa shape index (κ3) is 9.65. The van der Waals surface area contributed by atoms with Crippen LogP contribution in [0.2, 0.25) is 0 Å². The Morgan fingerprint density at radius 3 is 2.27 bits per heavy atom. The second-order valence-corrected chi connectivity index (χ2v) is 9.24. The summed E-state index contributed by atoms with van der Waals surface area (Å²) in [6, 6.07) is -0.363. The van der Waals surface area contributed by atoms with Gasteiger partial charge in [-0.3, -0.25) is 11.0 Å². The molecule has 2 unspecified atom stereocenters. The number of nitrogens with two attached hydrogens (primary N) is 1. The van der Waals surface area contributed by atoms with Crippen molar-refractivity contribution in [1.82, 2.24) is 0 Å². The molecule has 2 fully saturated rings. The maximum atomic E-state index is 12.4. The molecular weight excluding hydrogens is 757 g/mol. The first kappa shape index (κ1) is 31.3. The monoisotopic (exact) mass is 791 g/mol. The van der Waals surface area contributed by atoms with Crippen LogP contribution < -0.4 is 10.6 Å². The van der Waals surface area contributed by atoms with E-state index in [1.807, 2.05) is 41.5 Å². The van der Waals surface area contributed by atoms with E-state index in [0.717, 1.165) is 0 Å². The summed E-state index contributed by atoms with van der Waals surface area (Å²) in [6.07, 6.45) is -1.25. The molecule has 12 heteroatoms. The van der Waals surface area contributed by atoms with Gasteiger partial charge in [-0.1, -0.05) is 13.0 Å². The van der Waals surface area contributed by atoms with Gasteiger partial charge in [0.1, 0.15) is 12.2 Å². The van der Waals surface area contributed by atoms with Crippen molar-refractivity contribution in [3.8, 4) is 0 Å². The number of ether oxygens (including phenoxy) is 4. The van der Waals surface area contributed by atoms with Gasteiger partial charge in [0.05, 0.1) is 43.7 Å². The van der Waals surface area contributed by atoms with Crippen LogP contribution in [0.4, 0.5) is 0 Å². The minimum atomic E-state index is -4.60. The molecule has 178 valence electrons. The van der Waals surface area contributed by atoms with Crippen molar-refractivity contribution >= 4 is 7.82 Å². The Hall–Kier alpha value is 1.29. The first-order chi connectivity index (χ1) is 13.0. The van der Waals surface area contributed by atoms with Crippen LogP contribution in [0, 0.1) is 6.42 Å². The molecule has 2 N–H and O–H groups in total. The molecule has 0 radical (unpaired) electrons. The number of rotatable bonds is 10. The Morgan fingerprint density at radius 2 is 1.70 bits per heavy atom. The number of hydrogen-bond acceptors (Lipinski definition) is 9. The summed E-state index contributed by atoms with van der Waals surface area (Å²) in [5.41, 5.74) is 6.10. The smallest absolute Gasteiger partial charge is 0.265 e. The molecule has 0 aromatic heterocycles. The molecular formula is C18H34NO8PW2-2. The molecule has 0 aromatic rings. The first-order valence-electron chi connectivity index (χ1n) is 9.81. The minimum absolute atomic E-state index is 0. The number of phosphoric acid groups is 1. The van der Waals surface area contributed by atoms with Crippen LogP contribution in [-0.2, 0) is 74.7 Å². The van der Waals surface area contributed by atoms with Crippen LogP contribution in [0.1, 0.15) is 41.5 Å². The molecule has 8 atom stereocenters. The molecule has 0 saturated carbocycles. The average Bonchev–Trinajstić information content (AvgIpc) is 3.04. The van der Waals surface area contributed by atoms with E-state index in [1.165, 1.54) is 0 Å². The largest absolute Gasteiger partial charge is 0.756 e. The Kier molecular flexibility index (Phi) is 14.5. The minimum Gasteiger partial charge on any atom is -0.756 e. The van der Waals surface area contributed by atoms with E-state index in [-0.39, 0.29) is 85.8 Å². The second kappa shape index (κ2) is 13.9. The fourth-order valence-corrected chi connectivity index (χ4v) is 4.14. The summed E-state index contributed by atoms with van der Waals surface area (Å²) in [6.45, 7) is 11.2. The molecule has 2 saturated heterocycles. The molecule has 2 heterocycles. The molecule has 0 aliphatic carbocycles. The van der Waals surface area contributed by atoms with Crippen LogP contribution in [0.5, 0.6) is 0 Å². The zero-order valence-electron chi connectivity index (χ0n) is 18.3. The maximum Gasteiger partial charge on any atom is 0.265 e. The zero-order valence-corrected chi connectivity index (χ0v) is 25.1. The summed E-state index contributed by atoms with van der Waals surface area (Å²) in [5.74, 6) is 0. The third-order valence-electron chi connectivity index (χ3n) is 4.56. The van der Waals surface area contributed by atoms with Crippen molar-refractivity contribution in [2.24, 2.45) is 5.73 Å². The number of phosphoric ester groups is 1. The summed E-state index contributed by atoms with van der Waals surface area (Å²) in [5, 5.41) is 0. The Bertz CT molecular complexity index is 544. The maximum absolute atomic E-state index is 12.4. The fraction of sp³-hybridized carbons (Fsp3) is 0.944. The van der Waals surface area contributed by atoms with Gasteiger partial charge in [0, 0.05) is 42.1 Å². The van der Waals surface area contributed by atoms with Crippen LogP contribution in [0.25, 0.3) is 0 Å². The SMILES string of the molecule is CC(C)OC[C@H]1O[C@@H](C)[CH-][C@H]1OP(=O)([O-])OC[C@H]1O[C@@H](C)[C@@H](N)C1OC(C)C.[W].[W]. The van der Waals surface area contributed by atoms with E-state index in [4.69, 9.17) is 33.7 Å². The van der Waals surface area contributed by atoms with Crippen LogP contribution in [-0.4, -0.2) is 68.1 Å². The van der Waals surface area contributed by atoms with E-state index in [2.05, 4.69) is 0 Å². The van der Waals surface area contributed by atoms with Gasteiger partial charge in [0.15, 0.2) is 0 Å². The van der Waals surface area contributed by atoms with Crippen molar-refractivity contribution in [3.05, 3.63) is 6.42 Å². The molecule has 2 aliphatic heterocycles. The molecule has 0 bridgehead atoms. The van der Waals surface area contributed by atoms with Crippen molar-refractivity contribution < 1.29 is 79.6 Å². The van der Waals surface area contributed by atoms with Crippen molar-refractivity contribution in [3.63, 3.8) is 0 Å². The molecule has 0 aromatic carbocycles. The topological polar surface area (TPSA) is 122 Å². The molecule has 30 heavy (non-hydrogen) atoms. The van der Waals surface area contributed by atoms with Gasteiger partial charge in [0.25, 0.3) is 7.82 Å². The molecule has 2 rings (SSSR count). The van der Waals surface area contributed by atoms with E-state index in [9.17, 15) is 9.46 Å². The predicted octanol–water partition coefficient (Wildman–Crippen LogP) is 1.18. The van der Waals surface area contributed by atoms with Gasteiger partial charge in [-0.05, 0) is 40.7 Å². The standard InChI is InChI=1S/C18H35NO8P.2W/c1-10(2)22-8-15-14(7-12(5)25-15)27-28(20,21)23-9-16-18(24-11(3)4)17(19)13(6)26-16;;/h7,10-18H,8-9,19H2,1-6H3,(H,20,21);;/q-1;;/p-1/t12-,13-,14+,15+,16+,17+,18?;;/m0../s1. The van der Waals surface area contributed by atoms with Gasteiger partial charge < -0.3 is 38.6 Å². The summed E-state index contributed by atoms with van der Waals surface area (Å²) in [4.78, 5) is 12.4.